The number of nitrogens with zero attached hydrogens (tertiary/aromatic N) is 1. The van der Waals surface area contributed by atoms with Gasteiger partial charge in [0.05, 0.1) is 13.7 Å². The van der Waals surface area contributed by atoms with E-state index in [1.54, 1.807) is 30.3 Å². The summed E-state index contributed by atoms with van der Waals surface area (Å²) in [6.07, 6.45) is 1.23. The second kappa shape index (κ2) is 13.2. The molecule has 0 fully saturated rings. The van der Waals surface area contributed by atoms with Gasteiger partial charge in [0.25, 0.3) is 5.91 Å². The van der Waals surface area contributed by atoms with Gasteiger partial charge >= 0.3 is 5.97 Å². The Morgan fingerprint density at radius 3 is 2.50 bits per heavy atom. The van der Waals surface area contributed by atoms with Crippen molar-refractivity contribution < 1.29 is 32.6 Å². The van der Waals surface area contributed by atoms with E-state index in [9.17, 15) is 18.4 Å². The van der Waals surface area contributed by atoms with Crippen LogP contribution < -0.4 is 9.47 Å². The van der Waals surface area contributed by atoms with Crippen LogP contribution in [0.15, 0.2) is 66.7 Å². The van der Waals surface area contributed by atoms with Gasteiger partial charge in [-0.2, -0.15) is 0 Å². The van der Waals surface area contributed by atoms with E-state index in [0.29, 0.717) is 43.1 Å². The molecular weight excluding hydrogens is 468 g/mol. The van der Waals surface area contributed by atoms with Crippen molar-refractivity contribution in [3.63, 3.8) is 0 Å². The number of benzene rings is 3. The zero-order valence-electron chi connectivity index (χ0n) is 20.3. The lowest BCUT2D eigenvalue weighted by atomic mass is 10.1. The number of hydrogen-bond acceptors (Lipinski definition) is 5. The van der Waals surface area contributed by atoms with Crippen LogP contribution >= 0.6 is 0 Å². The molecule has 0 aliphatic heterocycles. The van der Waals surface area contributed by atoms with Gasteiger partial charge in [-0.1, -0.05) is 37.3 Å². The zero-order chi connectivity index (χ0) is 25.9. The highest BCUT2D eigenvalue weighted by atomic mass is 19.1. The molecule has 0 heterocycles. The molecule has 8 heteroatoms. The van der Waals surface area contributed by atoms with Crippen LogP contribution in [-0.4, -0.2) is 43.6 Å². The van der Waals surface area contributed by atoms with Crippen molar-refractivity contribution in [3.05, 3.63) is 95.1 Å². The van der Waals surface area contributed by atoms with Gasteiger partial charge in [0.15, 0.2) is 6.61 Å². The number of hydrogen-bond donors (Lipinski definition) is 0. The SMILES string of the molecule is CCCN(Cc1ccc(F)cc1F)C(=O)COc1cccc(CCOc2ccccc2C(=O)OC)c1. The minimum absolute atomic E-state index is 0.0343. The van der Waals surface area contributed by atoms with E-state index in [1.165, 1.54) is 24.1 Å². The molecule has 0 spiro atoms. The molecule has 0 radical (unpaired) electrons. The number of carbonyl (C=O) groups is 2. The average Bonchev–Trinajstić information content (AvgIpc) is 2.88. The van der Waals surface area contributed by atoms with Crippen LogP contribution in [0.2, 0.25) is 0 Å². The summed E-state index contributed by atoms with van der Waals surface area (Å²) in [5.74, 6) is -1.16. The molecule has 3 aromatic rings. The molecule has 6 nitrogen and oxygen atoms in total. The summed E-state index contributed by atoms with van der Waals surface area (Å²) in [5.41, 5.74) is 1.52. The summed E-state index contributed by atoms with van der Waals surface area (Å²) in [6, 6.07) is 17.5. The van der Waals surface area contributed by atoms with Gasteiger partial charge in [-0.3, -0.25) is 4.79 Å². The standard InChI is InChI=1S/C28H29F2NO5/c1-3-14-31(18-21-11-12-22(29)17-25(21)30)27(32)19-36-23-8-6-7-20(16-23)13-15-35-26-10-5-4-9-24(26)28(33)34-2/h4-12,16-17H,3,13-15,18-19H2,1-2H3. The van der Waals surface area contributed by atoms with Crippen molar-refractivity contribution in [1.29, 1.82) is 0 Å². The molecular formula is C28H29F2NO5. The molecule has 0 saturated carbocycles. The van der Waals surface area contributed by atoms with Crippen molar-refractivity contribution in [2.24, 2.45) is 0 Å². The molecule has 0 aromatic heterocycles. The first kappa shape index (κ1) is 26.7. The number of para-hydroxylation sites is 1. The van der Waals surface area contributed by atoms with E-state index in [2.05, 4.69) is 0 Å². The quantitative estimate of drug-likeness (QED) is 0.322. The van der Waals surface area contributed by atoms with Gasteiger partial charge in [-0.05, 0) is 42.3 Å². The molecule has 36 heavy (non-hydrogen) atoms. The molecule has 3 aromatic carbocycles. The third-order valence-electron chi connectivity index (χ3n) is 5.42. The molecule has 0 aliphatic carbocycles. The highest BCUT2D eigenvalue weighted by Crippen LogP contribution is 2.20. The van der Waals surface area contributed by atoms with Crippen molar-refractivity contribution >= 4 is 11.9 Å². The summed E-state index contributed by atoms with van der Waals surface area (Å²) in [5, 5.41) is 0. The number of ether oxygens (including phenoxy) is 3. The van der Waals surface area contributed by atoms with Crippen molar-refractivity contribution in [3.8, 4) is 11.5 Å². The Bertz CT molecular complexity index is 1180. The first-order valence-corrected chi connectivity index (χ1v) is 11.6. The smallest absolute Gasteiger partial charge is 0.341 e. The third kappa shape index (κ3) is 7.53. The highest BCUT2D eigenvalue weighted by molar-refractivity contribution is 5.92. The van der Waals surface area contributed by atoms with E-state index in [-0.39, 0.29) is 24.6 Å². The normalized spacial score (nSPS) is 10.6. The predicted octanol–water partition coefficient (Wildman–Crippen LogP) is 5.19. The lowest BCUT2D eigenvalue weighted by Crippen LogP contribution is -2.35. The largest absolute Gasteiger partial charge is 0.492 e. The first-order valence-electron chi connectivity index (χ1n) is 11.6. The Morgan fingerprint density at radius 2 is 1.75 bits per heavy atom. The number of carbonyl (C=O) groups excluding carboxylic acids is 2. The minimum atomic E-state index is -0.686. The van der Waals surface area contributed by atoms with E-state index in [0.717, 1.165) is 11.6 Å². The molecule has 0 saturated heterocycles. The van der Waals surface area contributed by atoms with Crippen LogP contribution in [0, 0.1) is 11.6 Å². The molecule has 0 bridgehead atoms. The molecule has 190 valence electrons. The molecule has 0 N–H and O–H groups in total. The van der Waals surface area contributed by atoms with Crippen molar-refractivity contribution in [2.45, 2.75) is 26.3 Å². The molecule has 0 aliphatic rings. The number of amides is 1. The van der Waals surface area contributed by atoms with Gasteiger partial charge in [-0.15, -0.1) is 0 Å². The predicted molar refractivity (Wildman–Crippen MR) is 131 cm³/mol. The van der Waals surface area contributed by atoms with Crippen LogP contribution in [0.3, 0.4) is 0 Å². The van der Waals surface area contributed by atoms with Crippen LogP contribution in [0.1, 0.15) is 34.8 Å². The maximum absolute atomic E-state index is 14.1. The maximum Gasteiger partial charge on any atom is 0.341 e. The van der Waals surface area contributed by atoms with Gasteiger partial charge in [0, 0.05) is 31.1 Å². The topological polar surface area (TPSA) is 65.1 Å². The number of halogens is 2. The molecule has 0 unspecified atom stereocenters. The van der Waals surface area contributed by atoms with Crippen LogP contribution in [0.5, 0.6) is 11.5 Å². The van der Waals surface area contributed by atoms with E-state index < -0.39 is 17.6 Å². The molecule has 3 rings (SSSR count). The number of esters is 1. The van der Waals surface area contributed by atoms with Crippen LogP contribution in [0.25, 0.3) is 0 Å². The van der Waals surface area contributed by atoms with E-state index >= 15 is 0 Å². The Morgan fingerprint density at radius 1 is 0.944 bits per heavy atom. The lowest BCUT2D eigenvalue weighted by molar-refractivity contribution is -0.134. The summed E-state index contributed by atoms with van der Waals surface area (Å²) < 4.78 is 43.5. The fraction of sp³-hybridized carbons (Fsp3) is 0.286. The maximum atomic E-state index is 14.1. The Labute approximate surface area is 209 Å². The van der Waals surface area contributed by atoms with E-state index in [4.69, 9.17) is 14.2 Å². The molecule has 0 atom stereocenters. The first-order chi connectivity index (χ1) is 17.4. The van der Waals surface area contributed by atoms with Crippen LogP contribution in [0.4, 0.5) is 8.78 Å². The Balaban J connectivity index is 1.55. The molecule has 1 amide bonds. The summed E-state index contributed by atoms with van der Waals surface area (Å²) in [7, 11) is 1.32. The van der Waals surface area contributed by atoms with Gasteiger partial charge < -0.3 is 19.1 Å². The Hall–Kier alpha value is -3.94. The number of rotatable bonds is 12. The minimum Gasteiger partial charge on any atom is -0.492 e. The second-order valence-corrected chi connectivity index (χ2v) is 8.07. The summed E-state index contributed by atoms with van der Waals surface area (Å²) in [4.78, 5) is 26.1. The lowest BCUT2D eigenvalue weighted by Gasteiger charge is -2.22. The van der Waals surface area contributed by atoms with Crippen LogP contribution in [-0.2, 0) is 22.5 Å². The van der Waals surface area contributed by atoms with Crippen molar-refractivity contribution in [1.82, 2.24) is 4.90 Å². The zero-order valence-corrected chi connectivity index (χ0v) is 20.3. The Kier molecular flexibility index (Phi) is 9.80. The third-order valence-corrected chi connectivity index (χ3v) is 5.42. The highest BCUT2D eigenvalue weighted by Gasteiger charge is 2.17. The van der Waals surface area contributed by atoms with Gasteiger partial charge in [-0.25, -0.2) is 13.6 Å². The summed E-state index contributed by atoms with van der Waals surface area (Å²) >= 11 is 0. The fourth-order valence-corrected chi connectivity index (χ4v) is 3.59. The average molecular weight is 498 g/mol. The van der Waals surface area contributed by atoms with Crippen molar-refractivity contribution in [2.75, 3.05) is 26.9 Å². The monoisotopic (exact) mass is 497 g/mol. The van der Waals surface area contributed by atoms with Gasteiger partial charge in [0.1, 0.15) is 28.7 Å². The summed E-state index contributed by atoms with van der Waals surface area (Å²) in [6.45, 7) is 2.48. The fourth-order valence-electron chi connectivity index (χ4n) is 3.59. The van der Waals surface area contributed by atoms with Gasteiger partial charge in [0.2, 0.25) is 0 Å². The van der Waals surface area contributed by atoms with E-state index in [1.807, 2.05) is 25.1 Å². The number of methoxy groups -OCH3 is 1. The second-order valence-electron chi connectivity index (χ2n) is 8.07.